The van der Waals surface area contributed by atoms with Crippen molar-refractivity contribution in [3.8, 4) is 0 Å². The van der Waals surface area contributed by atoms with Gasteiger partial charge in [-0.15, -0.1) is 0 Å². The number of rotatable bonds is 2. The summed E-state index contributed by atoms with van der Waals surface area (Å²) in [5, 5.41) is 11.3. The van der Waals surface area contributed by atoms with Crippen LogP contribution in [0.4, 0.5) is 0 Å². The van der Waals surface area contributed by atoms with Crippen LogP contribution in [0.25, 0.3) is 0 Å². The van der Waals surface area contributed by atoms with Gasteiger partial charge in [-0.3, -0.25) is 9.78 Å². The van der Waals surface area contributed by atoms with Gasteiger partial charge in [0.15, 0.2) is 0 Å². The smallest absolute Gasteiger partial charge is 0.325 e. The number of H-pyrrole nitrogens is 2. The second-order valence-corrected chi connectivity index (χ2v) is 2.63. The Kier molecular flexibility index (Phi) is 2.63. The van der Waals surface area contributed by atoms with E-state index in [9.17, 15) is 9.59 Å². The first-order chi connectivity index (χ1) is 6.11. The van der Waals surface area contributed by atoms with Gasteiger partial charge in [-0.1, -0.05) is 5.16 Å². The predicted octanol–water partition coefficient (Wildman–Crippen LogP) is -0.544. The minimum Gasteiger partial charge on any atom is -0.411 e. The lowest BCUT2D eigenvalue weighted by atomic mass is 10.2. The fourth-order valence-corrected chi connectivity index (χ4v) is 0.926. The molecular formula is C7H9N3O3. The molecule has 3 N–H and O–H groups in total. The molecule has 0 spiro atoms. The predicted molar refractivity (Wildman–Crippen MR) is 46.3 cm³/mol. The van der Waals surface area contributed by atoms with E-state index >= 15 is 0 Å². The summed E-state index contributed by atoms with van der Waals surface area (Å²) in [5.74, 6) is 0. The maximum absolute atomic E-state index is 10.8. The van der Waals surface area contributed by atoms with Gasteiger partial charge in [-0.25, -0.2) is 4.79 Å². The summed E-state index contributed by atoms with van der Waals surface area (Å²) in [6.07, 6.45) is 0.246. The summed E-state index contributed by atoms with van der Waals surface area (Å²) < 4.78 is 0. The van der Waals surface area contributed by atoms with Crippen molar-refractivity contribution < 1.29 is 5.21 Å². The third-order valence-corrected chi connectivity index (χ3v) is 1.43. The molecule has 0 bridgehead atoms. The van der Waals surface area contributed by atoms with Crippen LogP contribution in [-0.2, 0) is 6.42 Å². The molecule has 0 fully saturated rings. The van der Waals surface area contributed by atoms with Gasteiger partial charge >= 0.3 is 5.69 Å². The van der Waals surface area contributed by atoms with Crippen molar-refractivity contribution in [2.45, 2.75) is 13.3 Å². The molecular weight excluding hydrogens is 174 g/mol. The van der Waals surface area contributed by atoms with Crippen molar-refractivity contribution in [2.75, 3.05) is 0 Å². The number of oxime groups is 1. The number of hydrogen-bond acceptors (Lipinski definition) is 4. The fourth-order valence-electron chi connectivity index (χ4n) is 0.926. The Morgan fingerprint density at radius 3 is 2.77 bits per heavy atom. The average Bonchev–Trinajstić information content (AvgIpc) is 2.02. The molecule has 1 aromatic rings. The first kappa shape index (κ1) is 9.24. The minimum atomic E-state index is -0.562. The lowest BCUT2D eigenvalue weighted by Crippen LogP contribution is -2.23. The van der Waals surface area contributed by atoms with E-state index in [0.717, 1.165) is 0 Å². The normalized spacial score (nSPS) is 11.6. The fraction of sp³-hybridized carbons (Fsp3) is 0.286. The number of nitrogens with zero attached hydrogens (tertiary/aromatic N) is 1. The maximum atomic E-state index is 10.8. The lowest BCUT2D eigenvalue weighted by molar-refractivity contribution is 0.317. The zero-order valence-electron chi connectivity index (χ0n) is 7.00. The number of nitrogens with one attached hydrogen (secondary N) is 2. The molecule has 13 heavy (non-hydrogen) atoms. The van der Waals surface area contributed by atoms with Crippen LogP contribution in [0.5, 0.6) is 0 Å². The summed E-state index contributed by atoms with van der Waals surface area (Å²) in [6.45, 7) is 1.58. The highest BCUT2D eigenvalue weighted by molar-refractivity contribution is 5.83. The van der Waals surface area contributed by atoms with E-state index in [4.69, 9.17) is 5.21 Å². The summed E-state index contributed by atoms with van der Waals surface area (Å²) in [7, 11) is 0. The van der Waals surface area contributed by atoms with Gasteiger partial charge in [0.25, 0.3) is 5.56 Å². The van der Waals surface area contributed by atoms with E-state index in [2.05, 4.69) is 10.1 Å². The van der Waals surface area contributed by atoms with Crippen LogP contribution in [0, 0.1) is 0 Å². The topological polar surface area (TPSA) is 98.3 Å². The Bertz CT molecular complexity index is 401. The summed E-state index contributed by atoms with van der Waals surface area (Å²) in [6, 6.07) is 1.25. The highest BCUT2D eigenvalue weighted by Crippen LogP contribution is 1.90. The second kappa shape index (κ2) is 3.70. The summed E-state index contributed by atoms with van der Waals surface area (Å²) in [5.41, 5.74) is -0.192. The van der Waals surface area contributed by atoms with Crippen LogP contribution >= 0.6 is 0 Å². The summed E-state index contributed by atoms with van der Waals surface area (Å²) >= 11 is 0. The average molecular weight is 183 g/mol. The van der Waals surface area contributed by atoms with Gasteiger partial charge < -0.3 is 10.2 Å². The lowest BCUT2D eigenvalue weighted by Gasteiger charge is -1.96. The molecule has 6 nitrogen and oxygen atoms in total. The maximum Gasteiger partial charge on any atom is 0.325 e. The van der Waals surface area contributed by atoms with Crippen molar-refractivity contribution in [3.05, 3.63) is 32.6 Å². The van der Waals surface area contributed by atoms with Gasteiger partial charge in [-0.05, 0) is 6.92 Å². The second-order valence-electron chi connectivity index (χ2n) is 2.63. The molecule has 0 radical (unpaired) electrons. The molecule has 0 aliphatic carbocycles. The van der Waals surface area contributed by atoms with Crippen molar-refractivity contribution in [3.63, 3.8) is 0 Å². The van der Waals surface area contributed by atoms with Gasteiger partial charge in [-0.2, -0.15) is 0 Å². The largest absolute Gasteiger partial charge is 0.411 e. The van der Waals surface area contributed by atoms with Gasteiger partial charge in [0, 0.05) is 18.2 Å². The minimum absolute atomic E-state index is 0.246. The highest BCUT2D eigenvalue weighted by atomic mass is 16.4. The Morgan fingerprint density at radius 1 is 1.54 bits per heavy atom. The van der Waals surface area contributed by atoms with Crippen LogP contribution in [0.1, 0.15) is 12.6 Å². The van der Waals surface area contributed by atoms with Crippen LogP contribution < -0.4 is 11.2 Å². The first-order valence-electron chi connectivity index (χ1n) is 3.62. The van der Waals surface area contributed by atoms with E-state index in [0.29, 0.717) is 11.4 Å². The molecule has 70 valence electrons. The van der Waals surface area contributed by atoms with E-state index in [1.165, 1.54) is 6.07 Å². The molecule has 1 aromatic heterocycles. The Hall–Kier alpha value is -1.85. The monoisotopic (exact) mass is 183 g/mol. The quantitative estimate of drug-likeness (QED) is 0.326. The molecule has 0 saturated carbocycles. The van der Waals surface area contributed by atoms with Crippen LogP contribution in [0.15, 0.2) is 20.8 Å². The van der Waals surface area contributed by atoms with Gasteiger partial charge in [0.1, 0.15) is 0 Å². The van der Waals surface area contributed by atoms with Crippen molar-refractivity contribution >= 4 is 5.71 Å². The van der Waals surface area contributed by atoms with Crippen LogP contribution in [0.2, 0.25) is 0 Å². The van der Waals surface area contributed by atoms with Crippen LogP contribution in [-0.4, -0.2) is 20.9 Å². The third-order valence-electron chi connectivity index (χ3n) is 1.43. The number of aromatic amines is 2. The molecule has 1 heterocycles. The van der Waals surface area contributed by atoms with E-state index in [-0.39, 0.29) is 6.42 Å². The third kappa shape index (κ3) is 2.58. The molecule has 0 atom stereocenters. The van der Waals surface area contributed by atoms with E-state index in [1.54, 1.807) is 6.92 Å². The molecule has 0 aliphatic rings. The first-order valence-corrected chi connectivity index (χ1v) is 3.62. The SMILES string of the molecule is C/C(Cc1cc(=O)[nH]c(=O)[nH]1)=N\O. The van der Waals surface area contributed by atoms with Crippen molar-refractivity contribution in [1.29, 1.82) is 0 Å². The van der Waals surface area contributed by atoms with E-state index in [1.807, 2.05) is 4.98 Å². The Morgan fingerprint density at radius 2 is 2.23 bits per heavy atom. The number of hydrogen-bond donors (Lipinski definition) is 3. The molecule has 0 unspecified atom stereocenters. The zero-order valence-corrected chi connectivity index (χ0v) is 7.00. The molecule has 1 rings (SSSR count). The zero-order chi connectivity index (χ0) is 9.84. The Balaban J connectivity index is 3.03. The molecule has 0 saturated heterocycles. The molecule has 6 heteroatoms. The molecule has 0 aromatic carbocycles. The van der Waals surface area contributed by atoms with Crippen LogP contribution in [0.3, 0.4) is 0 Å². The van der Waals surface area contributed by atoms with Gasteiger partial charge in [0.2, 0.25) is 0 Å². The summed E-state index contributed by atoms with van der Waals surface area (Å²) in [4.78, 5) is 26.0. The molecule has 0 amide bonds. The van der Waals surface area contributed by atoms with E-state index < -0.39 is 11.2 Å². The van der Waals surface area contributed by atoms with Crippen molar-refractivity contribution in [1.82, 2.24) is 9.97 Å². The standard InChI is InChI=1S/C7H9N3O3/c1-4(10-13)2-5-3-6(11)9-7(12)8-5/h3,13H,2H2,1H3,(H2,8,9,11,12)/b10-4+. The molecule has 0 aliphatic heterocycles. The Labute approximate surface area is 72.9 Å². The van der Waals surface area contributed by atoms with Gasteiger partial charge in [0.05, 0.1) is 5.71 Å². The van der Waals surface area contributed by atoms with Crippen molar-refractivity contribution in [2.24, 2.45) is 5.16 Å². The highest BCUT2D eigenvalue weighted by Gasteiger charge is 1.98. The number of aromatic nitrogens is 2.